The third-order valence-corrected chi connectivity index (χ3v) is 6.76. The number of carbonyl (C=O) groups excluding carboxylic acids is 2. The first-order valence-electron chi connectivity index (χ1n) is 11.3. The van der Waals surface area contributed by atoms with Crippen LogP contribution in [0.1, 0.15) is 54.8 Å². The highest BCUT2D eigenvalue weighted by Gasteiger charge is 2.40. The van der Waals surface area contributed by atoms with Gasteiger partial charge in [0, 0.05) is 5.92 Å². The molecule has 0 spiro atoms. The number of benzene rings is 2. The van der Waals surface area contributed by atoms with E-state index in [0.717, 1.165) is 37.7 Å². The summed E-state index contributed by atoms with van der Waals surface area (Å²) in [6, 6.07) is 18.1. The summed E-state index contributed by atoms with van der Waals surface area (Å²) in [6.45, 7) is 0. The Kier molecular flexibility index (Phi) is 5.49. The Morgan fingerprint density at radius 1 is 1.03 bits per heavy atom. The maximum Gasteiger partial charge on any atom is 0.286 e. The molecule has 4 atom stereocenters. The summed E-state index contributed by atoms with van der Waals surface area (Å²) in [7, 11) is 0. The normalized spacial score (nSPS) is 28.6. The fourth-order valence-electron chi connectivity index (χ4n) is 5.12. The van der Waals surface area contributed by atoms with Crippen molar-refractivity contribution < 1.29 is 14.3 Å². The van der Waals surface area contributed by atoms with Crippen molar-refractivity contribution in [1.82, 2.24) is 10.6 Å². The van der Waals surface area contributed by atoms with E-state index in [2.05, 4.69) is 28.8 Å². The first-order valence-corrected chi connectivity index (χ1v) is 11.3. The number of amides is 2. The molecule has 1 aliphatic heterocycles. The van der Waals surface area contributed by atoms with E-state index in [0.29, 0.717) is 12.2 Å². The van der Waals surface area contributed by atoms with E-state index in [1.807, 2.05) is 36.4 Å². The van der Waals surface area contributed by atoms with Gasteiger partial charge >= 0.3 is 0 Å². The Hall–Kier alpha value is -3.08. The monoisotopic (exact) mass is 416 g/mol. The van der Waals surface area contributed by atoms with Crippen LogP contribution in [0.25, 0.3) is 6.08 Å². The van der Waals surface area contributed by atoms with E-state index in [1.54, 1.807) is 6.08 Å². The predicted molar refractivity (Wildman–Crippen MR) is 119 cm³/mol. The minimum absolute atomic E-state index is 0.0767. The second-order valence-corrected chi connectivity index (χ2v) is 8.82. The summed E-state index contributed by atoms with van der Waals surface area (Å²) in [5.74, 6) is 0.153. The number of ether oxygens (including phenoxy) is 1. The smallest absolute Gasteiger partial charge is 0.286 e. The molecule has 0 aromatic heterocycles. The van der Waals surface area contributed by atoms with Gasteiger partial charge in [-0.2, -0.15) is 0 Å². The minimum Gasteiger partial charge on any atom is -0.483 e. The van der Waals surface area contributed by atoms with Crippen LogP contribution in [0.2, 0.25) is 0 Å². The van der Waals surface area contributed by atoms with Crippen molar-refractivity contribution in [3.05, 3.63) is 77.0 Å². The molecule has 2 aromatic rings. The molecule has 2 aliphatic carbocycles. The van der Waals surface area contributed by atoms with E-state index in [-0.39, 0.29) is 35.9 Å². The van der Waals surface area contributed by atoms with Crippen LogP contribution in [0.15, 0.2) is 60.4 Å². The molecule has 4 unspecified atom stereocenters. The third-order valence-electron chi connectivity index (χ3n) is 6.76. The van der Waals surface area contributed by atoms with Crippen LogP contribution in [0.3, 0.4) is 0 Å². The third kappa shape index (κ3) is 4.22. The van der Waals surface area contributed by atoms with Gasteiger partial charge in [0.2, 0.25) is 5.91 Å². The second-order valence-electron chi connectivity index (χ2n) is 8.82. The Balaban J connectivity index is 1.22. The molecular weight excluding hydrogens is 388 g/mol. The molecule has 5 rings (SSSR count). The minimum atomic E-state index is -0.202. The van der Waals surface area contributed by atoms with E-state index in [9.17, 15) is 9.59 Å². The topological polar surface area (TPSA) is 67.4 Å². The molecule has 0 bridgehead atoms. The standard InChI is InChI=1S/C26H28N2O3/c29-25(27-21-12-6-10-18-9-4-5-11-20(18)21)19-13-14-23-22(16-19)28-26(30)24(31-23)15-17-7-2-1-3-8-17/h1-5,7-9,11,15,19,21-23H,6,10,12-14,16H2,(H,27,29)(H,28,30)/b24-15+. The molecule has 1 saturated heterocycles. The fourth-order valence-corrected chi connectivity index (χ4v) is 5.12. The van der Waals surface area contributed by atoms with E-state index < -0.39 is 0 Å². The molecule has 5 heteroatoms. The summed E-state index contributed by atoms with van der Waals surface area (Å²) < 4.78 is 6.05. The SMILES string of the molecule is O=C1NC2CC(C(=O)NC3CCCc4ccccc43)CCC2O/C1=C/c1ccccc1. The zero-order chi connectivity index (χ0) is 21.2. The lowest BCUT2D eigenvalue weighted by molar-refractivity contribution is -0.135. The molecular formula is C26H28N2O3. The Morgan fingerprint density at radius 3 is 2.71 bits per heavy atom. The van der Waals surface area contributed by atoms with Gasteiger partial charge in [0.15, 0.2) is 5.76 Å². The number of aryl methyl sites for hydroxylation is 1. The zero-order valence-electron chi connectivity index (χ0n) is 17.6. The number of morpholine rings is 1. The van der Waals surface area contributed by atoms with Crippen molar-refractivity contribution in [2.45, 2.75) is 56.7 Å². The lowest BCUT2D eigenvalue weighted by atomic mass is 9.81. The molecule has 160 valence electrons. The zero-order valence-corrected chi connectivity index (χ0v) is 17.6. The van der Waals surface area contributed by atoms with Gasteiger partial charge in [-0.25, -0.2) is 0 Å². The van der Waals surface area contributed by atoms with Gasteiger partial charge in [0.25, 0.3) is 5.91 Å². The van der Waals surface area contributed by atoms with Gasteiger partial charge in [-0.1, -0.05) is 54.6 Å². The average Bonchev–Trinajstić information content (AvgIpc) is 2.80. The van der Waals surface area contributed by atoms with Gasteiger partial charge in [-0.15, -0.1) is 0 Å². The summed E-state index contributed by atoms with van der Waals surface area (Å²) in [6.07, 6.45) is 7.02. The predicted octanol–water partition coefficient (Wildman–Crippen LogP) is 3.91. The Bertz CT molecular complexity index is 1000. The maximum atomic E-state index is 13.1. The van der Waals surface area contributed by atoms with E-state index in [1.165, 1.54) is 11.1 Å². The highest BCUT2D eigenvalue weighted by molar-refractivity contribution is 5.96. The van der Waals surface area contributed by atoms with Crippen molar-refractivity contribution in [2.24, 2.45) is 5.92 Å². The lowest BCUT2D eigenvalue weighted by Gasteiger charge is -2.40. The maximum absolute atomic E-state index is 13.1. The average molecular weight is 417 g/mol. The summed E-state index contributed by atoms with van der Waals surface area (Å²) in [5, 5.41) is 6.37. The number of carbonyl (C=O) groups is 2. The van der Waals surface area contributed by atoms with Crippen molar-refractivity contribution in [3.8, 4) is 0 Å². The first kappa shape index (κ1) is 19.9. The van der Waals surface area contributed by atoms with Crippen LogP contribution in [-0.2, 0) is 20.7 Å². The highest BCUT2D eigenvalue weighted by atomic mass is 16.5. The van der Waals surface area contributed by atoms with Gasteiger partial charge in [-0.05, 0) is 61.3 Å². The van der Waals surface area contributed by atoms with Crippen LogP contribution in [0.5, 0.6) is 0 Å². The number of hydrogen-bond donors (Lipinski definition) is 2. The molecule has 1 heterocycles. The highest BCUT2D eigenvalue weighted by Crippen LogP contribution is 2.34. The molecule has 0 radical (unpaired) electrons. The number of rotatable bonds is 3. The molecule has 2 amide bonds. The number of fused-ring (bicyclic) bond motifs is 2. The molecule has 5 nitrogen and oxygen atoms in total. The van der Waals surface area contributed by atoms with Crippen molar-refractivity contribution in [3.63, 3.8) is 0 Å². The van der Waals surface area contributed by atoms with E-state index in [4.69, 9.17) is 4.74 Å². The van der Waals surface area contributed by atoms with Crippen LogP contribution in [0, 0.1) is 5.92 Å². The molecule has 2 N–H and O–H groups in total. The van der Waals surface area contributed by atoms with Gasteiger partial charge in [0.1, 0.15) is 6.10 Å². The van der Waals surface area contributed by atoms with Crippen molar-refractivity contribution in [1.29, 1.82) is 0 Å². The summed E-state index contributed by atoms with van der Waals surface area (Å²) >= 11 is 0. The van der Waals surface area contributed by atoms with Gasteiger partial charge in [-0.3, -0.25) is 9.59 Å². The largest absolute Gasteiger partial charge is 0.483 e. The van der Waals surface area contributed by atoms with Crippen molar-refractivity contribution >= 4 is 17.9 Å². The number of nitrogens with one attached hydrogen (secondary N) is 2. The quantitative estimate of drug-likeness (QED) is 0.746. The molecule has 3 aliphatic rings. The molecule has 1 saturated carbocycles. The lowest BCUT2D eigenvalue weighted by Crippen LogP contribution is -2.55. The van der Waals surface area contributed by atoms with Crippen LogP contribution >= 0.6 is 0 Å². The van der Waals surface area contributed by atoms with Crippen LogP contribution in [0.4, 0.5) is 0 Å². The van der Waals surface area contributed by atoms with Crippen molar-refractivity contribution in [2.75, 3.05) is 0 Å². The number of hydrogen-bond acceptors (Lipinski definition) is 3. The first-order chi connectivity index (χ1) is 15.2. The molecule has 2 fully saturated rings. The summed E-state index contributed by atoms with van der Waals surface area (Å²) in [4.78, 5) is 25.6. The van der Waals surface area contributed by atoms with Crippen LogP contribution < -0.4 is 10.6 Å². The second kappa shape index (κ2) is 8.58. The Labute approximate surface area is 182 Å². The van der Waals surface area contributed by atoms with Gasteiger partial charge < -0.3 is 15.4 Å². The van der Waals surface area contributed by atoms with E-state index >= 15 is 0 Å². The fraction of sp³-hybridized carbons (Fsp3) is 0.385. The summed E-state index contributed by atoms with van der Waals surface area (Å²) in [5.41, 5.74) is 3.53. The van der Waals surface area contributed by atoms with Gasteiger partial charge in [0.05, 0.1) is 12.1 Å². The molecule has 31 heavy (non-hydrogen) atoms. The van der Waals surface area contributed by atoms with Crippen LogP contribution in [-0.4, -0.2) is 24.0 Å². The molecule has 2 aromatic carbocycles. The Morgan fingerprint density at radius 2 is 1.84 bits per heavy atom.